The zero-order chi connectivity index (χ0) is 65.5. The molecule has 0 unspecified atom stereocenters. The topological polar surface area (TPSA) is 252 Å². The largest absolute Gasteiger partial charge is 0.468 e. The minimum atomic E-state index is -0.447. The van der Waals surface area contributed by atoms with Crippen molar-refractivity contribution in [3.8, 4) is 33.0 Å². The molecule has 93 heavy (non-hydrogen) atoms. The van der Waals surface area contributed by atoms with Gasteiger partial charge in [-0.25, -0.2) is 23.7 Å². The number of aryl methyl sites for hydroxylation is 1. The standard InChI is InChI=1S/C63H76F2N14O4S2.C4H7NO3/c1-5-29-84-72-48-11-7-10-45(56(48)65)58-59(49-15-22-67-62(66)69-49)85-60(70-58)40-20-27-77(28-21-40)61(83)41-18-23-75(24-19-41)35-39-16-25-76(26-17-39)52(80)13-14-53(81)78-37-63(38-78)32-43(33-63)57-55-44(46-31-51-42(30-47(46)64)34-68-74(51)4)9-8-12-50(55)79(71-57)36-54(82)73(3)6-2;1-8-4(7)2-5-3-6/h7-12,15,22,30-31,34,39-41,43,72H,5-6,13-14,16-21,23-29,32-33,35-38H2,1-4H3,(H2,66,67,69);3H,2H2,1H3,(H,5,6). The number of aromatic nitrogens is 7. The van der Waals surface area contributed by atoms with Crippen LogP contribution in [0.15, 0.2) is 67.0 Å². The fraction of sp³-hybridized carbons (Fsp3) is 0.507. The Hall–Kier alpha value is -8.10. The predicted molar refractivity (Wildman–Crippen MR) is 355 cm³/mol. The molecule has 4 N–H and O–H groups in total. The summed E-state index contributed by atoms with van der Waals surface area (Å²) in [5, 5.41) is 14.0. The molecule has 3 aromatic carbocycles. The summed E-state index contributed by atoms with van der Waals surface area (Å²) in [4.78, 5) is 98.3. The maximum absolute atomic E-state index is 16.1. The normalized spacial score (nSPS) is 17.2. The summed E-state index contributed by atoms with van der Waals surface area (Å²) in [5.41, 5.74) is 11.6. The smallest absolute Gasteiger partial charge is 0.325 e. The first-order valence-corrected chi connectivity index (χ1v) is 34.2. The zero-order valence-electron chi connectivity index (χ0n) is 53.6. The predicted octanol–water partition coefficient (Wildman–Crippen LogP) is 8.73. The number of hydrogen-bond acceptors (Lipinski definition) is 17. The molecule has 4 saturated heterocycles. The molecule has 1 spiro atoms. The molecule has 4 aromatic heterocycles. The summed E-state index contributed by atoms with van der Waals surface area (Å²) in [6, 6.07) is 16.3. The molecule has 494 valence electrons. The molecule has 0 bridgehead atoms. The number of ether oxygens (including phenoxy) is 1. The maximum atomic E-state index is 16.1. The number of carbonyl (C=O) groups is 6. The first-order valence-electron chi connectivity index (χ1n) is 32.4. The van der Waals surface area contributed by atoms with E-state index >= 15 is 8.78 Å². The number of likely N-dealkylation sites (N-methyl/N-ethyl adjacent to an activating group) is 1. The third-order valence-electron chi connectivity index (χ3n) is 19.2. The number of halogens is 2. The average molecular weight is 1310 g/mol. The molecule has 5 fully saturated rings. The number of nitrogens with zero attached hydrogens (tertiary/aromatic N) is 12. The minimum Gasteiger partial charge on any atom is -0.468 e. The van der Waals surface area contributed by atoms with Gasteiger partial charge >= 0.3 is 5.97 Å². The van der Waals surface area contributed by atoms with Crippen LogP contribution in [0.25, 0.3) is 54.8 Å². The number of thiazole rings is 1. The highest BCUT2D eigenvalue weighted by Crippen LogP contribution is 2.57. The molecule has 8 heterocycles. The number of piperidine rings is 3. The highest BCUT2D eigenvalue weighted by Gasteiger charge is 2.55. The lowest BCUT2D eigenvalue weighted by Gasteiger charge is -2.59. The van der Waals surface area contributed by atoms with Crippen LogP contribution in [0, 0.1) is 28.9 Å². The quantitative estimate of drug-likeness (QED) is 0.0263. The van der Waals surface area contributed by atoms with Gasteiger partial charge < -0.3 is 45.0 Å². The van der Waals surface area contributed by atoms with Crippen LogP contribution < -0.4 is 15.8 Å². The van der Waals surface area contributed by atoms with Gasteiger partial charge in [-0.05, 0) is 126 Å². The highest BCUT2D eigenvalue weighted by atomic mass is 32.2. The Bertz CT molecular complexity index is 3860. The number of nitrogens with two attached hydrogens (primary N) is 1. The SMILES string of the molecule is CCCSNc1cccc(-c2nc(C3CCN(C(=O)C4CCN(CC5CCN(C(=O)CCC(=O)N6CC7(CC(c8nn(CC(=O)N(C)CC)c9cccc(-c%10cc%11c(cnn%11C)cc%10F)c89)C7)C6)CC5)CC4)CC3)sc2-c2ccnc(N)n2)c1F.COC(=O)CNC=O. The van der Waals surface area contributed by atoms with E-state index in [4.69, 9.17) is 15.8 Å². The number of nitrogens with one attached hydrogen (secondary N) is 2. The van der Waals surface area contributed by atoms with Crippen molar-refractivity contribution in [3.05, 3.63) is 89.3 Å². The molecular formula is C67H83F2N15O7S2. The van der Waals surface area contributed by atoms with Crippen LogP contribution >= 0.6 is 23.3 Å². The number of methoxy groups -OCH3 is 1. The van der Waals surface area contributed by atoms with Gasteiger partial charge in [-0.3, -0.25) is 38.1 Å². The van der Waals surface area contributed by atoms with Crippen LogP contribution in [-0.2, 0) is 47.1 Å². The Morgan fingerprint density at radius 3 is 2.26 bits per heavy atom. The van der Waals surface area contributed by atoms with E-state index in [2.05, 4.69) is 41.7 Å². The van der Waals surface area contributed by atoms with Gasteiger partial charge in [0.2, 0.25) is 36.0 Å². The molecule has 0 atom stereocenters. The number of anilines is 2. The Labute approximate surface area is 548 Å². The van der Waals surface area contributed by atoms with Gasteiger partial charge in [0, 0.05) is 136 Å². The lowest BCUT2D eigenvalue weighted by atomic mass is 9.56. The second-order valence-electron chi connectivity index (χ2n) is 25.4. The van der Waals surface area contributed by atoms with E-state index in [0.29, 0.717) is 86.3 Å². The average Bonchev–Trinajstić information content (AvgIpc) is 1.71. The van der Waals surface area contributed by atoms with Crippen molar-refractivity contribution in [2.24, 2.45) is 24.3 Å². The fourth-order valence-electron chi connectivity index (χ4n) is 13.9. The molecular weight excluding hydrogens is 1230 g/mol. The maximum Gasteiger partial charge on any atom is 0.325 e. The second-order valence-corrected chi connectivity index (χ2v) is 27.3. The number of fused-ring (bicyclic) bond motifs is 2. The number of carbonyl (C=O) groups excluding carboxylic acids is 6. The van der Waals surface area contributed by atoms with Gasteiger partial charge in [0.15, 0.2) is 5.82 Å². The Morgan fingerprint density at radius 1 is 0.849 bits per heavy atom. The van der Waals surface area contributed by atoms with Gasteiger partial charge in [0.1, 0.15) is 18.9 Å². The third-order valence-corrected chi connectivity index (χ3v) is 21.5. The molecule has 26 heteroatoms. The number of hydrogen-bond donors (Lipinski definition) is 3. The van der Waals surface area contributed by atoms with Crippen LogP contribution in [0.2, 0.25) is 0 Å². The van der Waals surface area contributed by atoms with E-state index in [1.54, 1.807) is 51.9 Å². The monoisotopic (exact) mass is 1310 g/mol. The van der Waals surface area contributed by atoms with Crippen LogP contribution in [0.4, 0.5) is 20.4 Å². The molecule has 1 saturated carbocycles. The Balaban J connectivity index is 0.00000104. The number of benzene rings is 3. The van der Waals surface area contributed by atoms with Gasteiger partial charge in [-0.15, -0.1) is 11.3 Å². The van der Waals surface area contributed by atoms with E-state index in [1.165, 1.54) is 36.5 Å². The molecule has 0 radical (unpaired) electrons. The van der Waals surface area contributed by atoms with E-state index in [0.717, 1.165) is 126 Å². The zero-order valence-corrected chi connectivity index (χ0v) is 55.2. The number of nitrogen functional groups attached to an aromatic ring is 1. The molecule has 7 aromatic rings. The molecule has 4 aliphatic heterocycles. The Morgan fingerprint density at radius 2 is 1.56 bits per heavy atom. The third kappa shape index (κ3) is 14.8. The van der Waals surface area contributed by atoms with Crippen LogP contribution in [-0.4, -0.2) is 187 Å². The van der Waals surface area contributed by atoms with Gasteiger partial charge in [-0.1, -0.05) is 37.1 Å². The summed E-state index contributed by atoms with van der Waals surface area (Å²) in [6.45, 7) is 11.3. The lowest BCUT2D eigenvalue weighted by molar-refractivity contribution is -0.153. The molecule has 1 aliphatic carbocycles. The summed E-state index contributed by atoms with van der Waals surface area (Å²) >= 11 is 2.99. The fourth-order valence-corrected chi connectivity index (χ4v) is 15.7. The van der Waals surface area contributed by atoms with Crippen LogP contribution in [0.3, 0.4) is 0 Å². The first-order chi connectivity index (χ1) is 45.0. The van der Waals surface area contributed by atoms with Crippen molar-refractivity contribution >= 4 is 92.7 Å². The van der Waals surface area contributed by atoms with Crippen molar-refractivity contribution in [2.45, 2.75) is 103 Å². The van der Waals surface area contributed by atoms with E-state index in [1.807, 2.05) is 59.0 Å². The van der Waals surface area contributed by atoms with Crippen molar-refractivity contribution in [3.63, 3.8) is 0 Å². The number of likely N-dealkylation sites (tertiary alicyclic amines) is 4. The van der Waals surface area contributed by atoms with Crippen LogP contribution in [0.5, 0.6) is 0 Å². The van der Waals surface area contributed by atoms with Crippen LogP contribution in [0.1, 0.15) is 107 Å². The number of rotatable bonds is 21. The minimum absolute atomic E-state index is 0.00131. The molecule has 12 rings (SSSR count). The Kier molecular flexibility index (Phi) is 21.0. The van der Waals surface area contributed by atoms with Gasteiger partial charge in [0.05, 0.1) is 57.0 Å². The van der Waals surface area contributed by atoms with Gasteiger partial charge in [0.25, 0.3) is 0 Å². The summed E-state index contributed by atoms with van der Waals surface area (Å²) in [6.07, 6.45) is 11.8. The van der Waals surface area contributed by atoms with E-state index < -0.39 is 5.97 Å². The lowest BCUT2D eigenvalue weighted by Crippen LogP contribution is -2.63. The van der Waals surface area contributed by atoms with E-state index in [-0.39, 0.29) is 90.3 Å². The molecule has 5 aliphatic rings. The molecule has 5 amide bonds. The highest BCUT2D eigenvalue weighted by molar-refractivity contribution is 8.00. The van der Waals surface area contributed by atoms with Crippen molar-refractivity contribution < 1.29 is 42.3 Å². The number of esters is 1. The summed E-state index contributed by atoms with van der Waals surface area (Å²) in [5.74, 6) is 0.734. The summed E-state index contributed by atoms with van der Waals surface area (Å²) in [7, 11) is 4.88. The second kappa shape index (κ2) is 29.5. The summed E-state index contributed by atoms with van der Waals surface area (Å²) < 4.78 is 42.9. The van der Waals surface area contributed by atoms with Crippen molar-refractivity contribution in [2.75, 3.05) is 102 Å². The van der Waals surface area contributed by atoms with Gasteiger partial charge in [-0.2, -0.15) is 10.2 Å². The number of amides is 5. The van der Waals surface area contributed by atoms with Crippen molar-refractivity contribution in [1.82, 2.24) is 64.3 Å². The first kappa shape index (κ1) is 66.4. The van der Waals surface area contributed by atoms with Crippen molar-refractivity contribution in [1.29, 1.82) is 0 Å². The molecule has 22 nitrogen and oxygen atoms in total. The van der Waals surface area contributed by atoms with E-state index in [9.17, 15) is 28.8 Å².